The highest BCUT2D eigenvalue weighted by Crippen LogP contribution is 2.25. The van der Waals surface area contributed by atoms with E-state index in [0.29, 0.717) is 30.5 Å². The van der Waals surface area contributed by atoms with Gasteiger partial charge in [0.05, 0.1) is 19.1 Å². The SMILES string of the molecule is CC1CN2C(=O)C(NC=O)=C(N)N(Cc3ccc(Cl)cc3)C2=N1. The molecular formula is C15H16ClN5O2. The van der Waals surface area contributed by atoms with Crippen LogP contribution in [0, 0.1) is 0 Å². The molecule has 8 heteroatoms. The lowest BCUT2D eigenvalue weighted by Gasteiger charge is -2.35. The van der Waals surface area contributed by atoms with Crippen LogP contribution in [0.2, 0.25) is 5.02 Å². The molecule has 3 N–H and O–H groups in total. The van der Waals surface area contributed by atoms with E-state index in [0.717, 1.165) is 5.56 Å². The average molecular weight is 334 g/mol. The first kappa shape index (κ1) is 15.4. The Morgan fingerprint density at radius 2 is 2.13 bits per heavy atom. The molecule has 2 amide bonds. The number of guanidine groups is 1. The van der Waals surface area contributed by atoms with Gasteiger partial charge in [-0.2, -0.15) is 0 Å². The van der Waals surface area contributed by atoms with Gasteiger partial charge in [0.1, 0.15) is 11.5 Å². The lowest BCUT2D eigenvalue weighted by atomic mass is 10.2. The first-order valence-corrected chi connectivity index (χ1v) is 7.50. The van der Waals surface area contributed by atoms with Crippen LogP contribution in [0.15, 0.2) is 40.8 Å². The van der Waals surface area contributed by atoms with Gasteiger partial charge < -0.3 is 11.1 Å². The fourth-order valence-corrected chi connectivity index (χ4v) is 2.78. The summed E-state index contributed by atoms with van der Waals surface area (Å²) in [5.74, 6) is 0.345. The van der Waals surface area contributed by atoms with Crippen LogP contribution in [0.5, 0.6) is 0 Å². The van der Waals surface area contributed by atoms with E-state index in [2.05, 4.69) is 10.3 Å². The highest BCUT2D eigenvalue weighted by Gasteiger charge is 2.40. The minimum Gasteiger partial charge on any atom is -0.383 e. The number of nitrogens with one attached hydrogen (secondary N) is 1. The van der Waals surface area contributed by atoms with Crippen LogP contribution < -0.4 is 11.1 Å². The third-order valence-electron chi connectivity index (χ3n) is 3.73. The van der Waals surface area contributed by atoms with Crippen molar-refractivity contribution in [3.05, 3.63) is 46.4 Å². The van der Waals surface area contributed by atoms with Gasteiger partial charge in [0.15, 0.2) is 0 Å². The molecule has 2 heterocycles. The van der Waals surface area contributed by atoms with Crippen molar-refractivity contribution in [1.29, 1.82) is 0 Å². The maximum atomic E-state index is 12.4. The number of amides is 2. The van der Waals surface area contributed by atoms with E-state index in [4.69, 9.17) is 17.3 Å². The maximum absolute atomic E-state index is 12.4. The van der Waals surface area contributed by atoms with Crippen LogP contribution in [0.1, 0.15) is 12.5 Å². The molecule has 0 bridgehead atoms. The fraction of sp³-hybridized carbons (Fsp3) is 0.267. The van der Waals surface area contributed by atoms with Crippen LogP contribution in [0.3, 0.4) is 0 Å². The monoisotopic (exact) mass is 333 g/mol. The zero-order valence-corrected chi connectivity index (χ0v) is 13.2. The highest BCUT2D eigenvalue weighted by atomic mass is 35.5. The lowest BCUT2D eigenvalue weighted by Crippen LogP contribution is -2.54. The summed E-state index contributed by atoms with van der Waals surface area (Å²) < 4.78 is 0. The number of fused-ring (bicyclic) bond motifs is 1. The molecule has 1 unspecified atom stereocenters. The summed E-state index contributed by atoms with van der Waals surface area (Å²) in [6, 6.07) is 7.30. The molecule has 120 valence electrons. The van der Waals surface area contributed by atoms with Gasteiger partial charge in [0.2, 0.25) is 12.4 Å². The Hall–Kier alpha value is -2.54. The van der Waals surface area contributed by atoms with Crippen LogP contribution in [0.4, 0.5) is 0 Å². The number of hydrogen-bond acceptors (Lipinski definition) is 5. The predicted octanol–water partition coefficient (Wildman–Crippen LogP) is 0.616. The zero-order valence-electron chi connectivity index (χ0n) is 12.5. The molecule has 2 aliphatic rings. The van der Waals surface area contributed by atoms with Crippen molar-refractivity contribution in [2.45, 2.75) is 19.5 Å². The number of aliphatic imine (C=N–C) groups is 1. The van der Waals surface area contributed by atoms with Gasteiger partial charge >= 0.3 is 0 Å². The molecule has 23 heavy (non-hydrogen) atoms. The number of nitrogens with two attached hydrogens (primary N) is 1. The Morgan fingerprint density at radius 1 is 1.43 bits per heavy atom. The molecule has 0 aromatic heterocycles. The molecule has 0 fully saturated rings. The minimum absolute atomic E-state index is 0.0231. The van der Waals surface area contributed by atoms with Crippen molar-refractivity contribution in [2.24, 2.45) is 10.7 Å². The molecule has 1 aromatic carbocycles. The van der Waals surface area contributed by atoms with Crippen molar-refractivity contribution in [3.8, 4) is 0 Å². The summed E-state index contributed by atoms with van der Waals surface area (Å²) in [5, 5.41) is 3.04. The molecular weight excluding hydrogens is 318 g/mol. The molecule has 3 rings (SSSR count). The second kappa shape index (κ2) is 5.92. The molecule has 1 atom stereocenters. The maximum Gasteiger partial charge on any atom is 0.280 e. The van der Waals surface area contributed by atoms with Gasteiger partial charge in [-0.25, -0.2) is 4.99 Å². The largest absolute Gasteiger partial charge is 0.383 e. The summed E-state index contributed by atoms with van der Waals surface area (Å²) in [5.41, 5.74) is 7.14. The van der Waals surface area contributed by atoms with E-state index in [-0.39, 0.29) is 23.5 Å². The number of carbonyl (C=O) groups excluding carboxylic acids is 2. The van der Waals surface area contributed by atoms with E-state index < -0.39 is 0 Å². The van der Waals surface area contributed by atoms with Gasteiger partial charge in [0, 0.05) is 5.02 Å². The van der Waals surface area contributed by atoms with Crippen molar-refractivity contribution >= 4 is 29.9 Å². The van der Waals surface area contributed by atoms with Gasteiger partial charge in [-0.3, -0.25) is 19.4 Å². The van der Waals surface area contributed by atoms with Gasteiger partial charge in [-0.1, -0.05) is 23.7 Å². The summed E-state index contributed by atoms with van der Waals surface area (Å²) >= 11 is 5.90. The molecule has 7 nitrogen and oxygen atoms in total. The Labute approximate surface area is 138 Å². The van der Waals surface area contributed by atoms with E-state index in [1.165, 1.54) is 4.90 Å². The van der Waals surface area contributed by atoms with Gasteiger partial charge in [0.25, 0.3) is 5.91 Å². The van der Waals surface area contributed by atoms with E-state index in [1.807, 2.05) is 19.1 Å². The number of nitrogens with zero attached hydrogens (tertiary/aromatic N) is 3. The van der Waals surface area contributed by atoms with Crippen LogP contribution in [-0.4, -0.2) is 40.7 Å². The van der Waals surface area contributed by atoms with Crippen LogP contribution in [-0.2, 0) is 16.1 Å². The summed E-state index contributed by atoms with van der Waals surface area (Å²) in [6.45, 7) is 2.80. The Kier molecular flexibility index (Phi) is 3.96. The van der Waals surface area contributed by atoms with Crippen molar-refractivity contribution in [1.82, 2.24) is 15.1 Å². The predicted molar refractivity (Wildman–Crippen MR) is 86.0 cm³/mol. The number of benzene rings is 1. The quantitative estimate of drug-likeness (QED) is 0.790. The van der Waals surface area contributed by atoms with Crippen molar-refractivity contribution < 1.29 is 9.59 Å². The number of carbonyl (C=O) groups is 2. The normalized spacial score (nSPS) is 20.5. The molecule has 0 radical (unpaired) electrons. The Morgan fingerprint density at radius 3 is 2.78 bits per heavy atom. The molecule has 0 spiro atoms. The zero-order chi connectivity index (χ0) is 16.6. The van der Waals surface area contributed by atoms with Crippen LogP contribution in [0.25, 0.3) is 0 Å². The number of halogens is 1. The molecule has 2 aliphatic heterocycles. The summed E-state index contributed by atoms with van der Waals surface area (Å²) in [6.07, 6.45) is 0.447. The highest BCUT2D eigenvalue weighted by molar-refractivity contribution is 6.30. The molecule has 1 aromatic rings. The van der Waals surface area contributed by atoms with Crippen molar-refractivity contribution in [2.75, 3.05) is 6.54 Å². The standard InChI is InChI=1S/C15H16ClN5O2/c1-9-6-21-14(23)12(18-8-22)13(17)20(15(21)19-9)7-10-2-4-11(16)5-3-10/h2-5,8-9H,6-7,17H2,1H3,(H,18,22). The van der Waals surface area contributed by atoms with E-state index in [1.54, 1.807) is 17.0 Å². The minimum atomic E-state index is -0.343. The second-order valence-corrected chi connectivity index (χ2v) is 5.87. The topological polar surface area (TPSA) is 91.0 Å². The third-order valence-corrected chi connectivity index (χ3v) is 3.98. The number of rotatable bonds is 4. The Balaban J connectivity index is 1.99. The smallest absolute Gasteiger partial charge is 0.280 e. The van der Waals surface area contributed by atoms with Gasteiger partial charge in [-0.05, 0) is 24.6 Å². The fourth-order valence-electron chi connectivity index (χ4n) is 2.65. The van der Waals surface area contributed by atoms with Crippen molar-refractivity contribution in [3.63, 3.8) is 0 Å². The first-order valence-electron chi connectivity index (χ1n) is 7.13. The Bertz CT molecular complexity index is 713. The lowest BCUT2D eigenvalue weighted by molar-refractivity contribution is -0.125. The number of hydrogen-bond donors (Lipinski definition) is 2. The second-order valence-electron chi connectivity index (χ2n) is 5.43. The molecule has 0 saturated heterocycles. The molecule has 0 aliphatic carbocycles. The third kappa shape index (κ3) is 2.75. The van der Waals surface area contributed by atoms with E-state index in [9.17, 15) is 9.59 Å². The van der Waals surface area contributed by atoms with Gasteiger partial charge in [-0.15, -0.1) is 0 Å². The first-order chi connectivity index (χ1) is 11.0. The molecule has 0 saturated carbocycles. The average Bonchev–Trinajstić information content (AvgIpc) is 2.92. The summed E-state index contributed by atoms with van der Waals surface area (Å²) in [7, 11) is 0. The van der Waals surface area contributed by atoms with Crippen LogP contribution >= 0.6 is 11.6 Å². The summed E-state index contributed by atoms with van der Waals surface area (Å²) in [4.78, 5) is 31.0. The van der Waals surface area contributed by atoms with E-state index >= 15 is 0 Å².